The van der Waals surface area contributed by atoms with E-state index in [1.54, 1.807) is 20.8 Å². The molecule has 9 heteroatoms. The van der Waals surface area contributed by atoms with Gasteiger partial charge in [-0.1, -0.05) is 6.58 Å². The van der Waals surface area contributed by atoms with E-state index in [1.165, 1.54) is 12.1 Å². The maximum atomic E-state index is 15.1. The number of nitrogens with zero attached hydrogens (tertiary/aromatic N) is 1. The van der Waals surface area contributed by atoms with E-state index in [0.717, 1.165) is 17.0 Å². The van der Waals surface area contributed by atoms with Crippen LogP contribution in [0.2, 0.25) is 0 Å². The van der Waals surface area contributed by atoms with Gasteiger partial charge < -0.3 is 20.3 Å². The molecule has 1 atom stereocenters. The fourth-order valence-electron chi connectivity index (χ4n) is 2.57. The minimum Gasteiger partial charge on any atom is -0.444 e. The molecule has 0 spiro atoms. The second-order valence-electron chi connectivity index (χ2n) is 7.46. The summed E-state index contributed by atoms with van der Waals surface area (Å²) in [5, 5.41) is 4.60. The van der Waals surface area contributed by atoms with Crippen LogP contribution in [-0.2, 0) is 14.3 Å². The SMILES string of the molecule is C=CC(=O)Nc1cc(NC(=O)C2(F)CCN(C(=O)OC(C)(C)C)C2)ccc1F. The molecule has 0 aliphatic carbocycles. The number of ether oxygens (including phenoxy) is 1. The Balaban J connectivity index is 2.06. The molecule has 7 nitrogen and oxygen atoms in total. The normalized spacial score (nSPS) is 19.1. The predicted octanol–water partition coefficient (Wildman–Crippen LogP) is 3.24. The van der Waals surface area contributed by atoms with Gasteiger partial charge in [0, 0.05) is 18.7 Å². The number of carbonyl (C=O) groups excluding carboxylic acids is 3. The van der Waals surface area contributed by atoms with E-state index in [2.05, 4.69) is 17.2 Å². The van der Waals surface area contributed by atoms with Crippen LogP contribution in [0.1, 0.15) is 27.2 Å². The van der Waals surface area contributed by atoms with Crippen LogP contribution in [0, 0.1) is 5.82 Å². The lowest BCUT2D eigenvalue weighted by molar-refractivity contribution is -0.126. The molecule has 1 unspecified atom stereocenters. The van der Waals surface area contributed by atoms with Crippen molar-refractivity contribution in [2.75, 3.05) is 23.7 Å². The second kappa shape index (κ2) is 7.95. The van der Waals surface area contributed by atoms with Gasteiger partial charge in [-0.2, -0.15) is 0 Å². The highest BCUT2D eigenvalue weighted by Gasteiger charge is 2.47. The lowest BCUT2D eigenvalue weighted by Crippen LogP contribution is -2.43. The van der Waals surface area contributed by atoms with E-state index in [4.69, 9.17) is 4.74 Å². The first kappa shape index (κ1) is 21.3. The predicted molar refractivity (Wildman–Crippen MR) is 100 cm³/mol. The number of anilines is 2. The molecule has 152 valence electrons. The molecular formula is C19H23F2N3O4. The molecule has 1 saturated heterocycles. The van der Waals surface area contributed by atoms with Gasteiger partial charge in [-0.25, -0.2) is 13.6 Å². The van der Waals surface area contributed by atoms with Crippen molar-refractivity contribution in [3.05, 3.63) is 36.7 Å². The van der Waals surface area contributed by atoms with Crippen LogP contribution < -0.4 is 10.6 Å². The van der Waals surface area contributed by atoms with Crippen LogP contribution in [0.15, 0.2) is 30.9 Å². The van der Waals surface area contributed by atoms with E-state index < -0.39 is 41.5 Å². The van der Waals surface area contributed by atoms with E-state index in [1.807, 2.05) is 0 Å². The highest BCUT2D eigenvalue weighted by Crippen LogP contribution is 2.29. The summed E-state index contributed by atoms with van der Waals surface area (Å²) in [7, 11) is 0. The summed E-state index contributed by atoms with van der Waals surface area (Å²) in [5.74, 6) is -2.32. The van der Waals surface area contributed by atoms with Crippen molar-refractivity contribution >= 4 is 29.3 Å². The van der Waals surface area contributed by atoms with Crippen LogP contribution in [0.25, 0.3) is 0 Å². The third-order valence-corrected chi connectivity index (χ3v) is 3.95. The molecule has 1 aromatic carbocycles. The number of hydrogen-bond acceptors (Lipinski definition) is 4. The van der Waals surface area contributed by atoms with Gasteiger partial charge >= 0.3 is 6.09 Å². The van der Waals surface area contributed by atoms with Crippen molar-refractivity contribution in [2.24, 2.45) is 0 Å². The smallest absolute Gasteiger partial charge is 0.410 e. The maximum absolute atomic E-state index is 15.1. The van der Waals surface area contributed by atoms with Crippen molar-refractivity contribution in [1.82, 2.24) is 4.90 Å². The number of benzene rings is 1. The van der Waals surface area contributed by atoms with Gasteiger partial charge in [0.25, 0.3) is 5.91 Å². The first-order chi connectivity index (χ1) is 12.9. The van der Waals surface area contributed by atoms with Gasteiger partial charge in [0.15, 0.2) is 0 Å². The standard InChI is InChI=1S/C19H23F2N3O4/c1-5-15(25)23-14-10-12(6-7-13(14)20)22-16(26)19(21)8-9-24(11-19)17(27)28-18(2,3)4/h5-7,10H,1,8-9,11H2,2-4H3,(H,22,26)(H,23,25). The van der Waals surface area contributed by atoms with E-state index in [0.29, 0.717) is 0 Å². The molecule has 0 saturated carbocycles. The molecule has 2 N–H and O–H groups in total. The van der Waals surface area contributed by atoms with Crippen LogP contribution >= 0.6 is 0 Å². The van der Waals surface area contributed by atoms with Crippen LogP contribution in [0.4, 0.5) is 25.0 Å². The van der Waals surface area contributed by atoms with Gasteiger partial charge in [-0.05, 0) is 45.0 Å². The Bertz CT molecular complexity index is 807. The Morgan fingerprint density at radius 1 is 1.29 bits per heavy atom. The second-order valence-corrected chi connectivity index (χ2v) is 7.46. The Hall–Kier alpha value is -2.97. The summed E-state index contributed by atoms with van der Waals surface area (Å²) >= 11 is 0. The molecule has 0 radical (unpaired) electrons. The lowest BCUT2D eigenvalue weighted by Gasteiger charge is -2.25. The Morgan fingerprint density at radius 3 is 2.57 bits per heavy atom. The highest BCUT2D eigenvalue weighted by atomic mass is 19.1. The molecule has 2 rings (SSSR count). The summed E-state index contributed by atoms with van der Waals surface area (Å²) in [6, 6.07) is 3.43. The summed E-state index contributed by atoms with van der Waals surface area (Å²) < 4.78 is 34.0. The monoisotopic (exact) mass is 395 g/mol. The highest BCUT2D eigenvalue weighted by molar-refractivity contribution is 6.01. The molecule has 1 heterocycles. The summed E-state index contributed by atoms with van der Waals surface area (Å²) in [6.45, 7) is 7.91. The molecule has 1 aliphatic heterocycles. The average molecular weight is 395 g/mol. The zero-order valence-electron chi connectivity index (χ0n) is 16.0. The number of amides is 3. The van der Waals surface area contributed by atoms with Crippen molar-refractivity contribution in [2.45, 2.75) is 38.5 Å². The lowest BCUT2D eigenvalue weighted by atomic mass is 10.0. The van der Waals surface area contributed by atoms with Gasteiger partial charge in [0.05, 0.1) is 12.2 Å². The zero-order valence-corrected chi connectivity index (χ0v) is 16.0. The molecular weight excluding hydrogens is 372 g/mol. The number of carbonyl (C=O) groups is 3. The fourth-order valence-corrected chi connectivity index (χ4v) is 2.57. The molecule has 3 amide bonds. The van der Waals surface area contributed by atoms with E-state index >= 15 is 4.39 Å². The topological polar surface area (TPSA) is 87.7 Å². The van der Waals surface area contributed by atoms with Crippen molar-refractivity contribution in [3.8, 4) is 0 Å². The molecule has 1 aromatic rings. The van der Waals surface area contributed by atoms with Gasteiger partial charge in [0.1, 0.15) is 11.4 Å². The van der Waals surface area contributed by atoms with Crippen LogP contribution in [0.5, 0.6) is 0 Å². The third kappa shape index (κ3) is 5.28. The first-order valence-electron chi connectivity index (χ1n) is 8.65. The van der Waals surface area contributed by atoms with Gasteiger partial charge in [-0.3, -0.25) is 9.59 Å². The summed E-state index contributed by atoms with van der Waals surface area (Å²) in [6.07, 6.45) is 0.0701. The van der Waals surface area contributed by atoms with Crippen LogP contribution in [0.3, 0.4) is 0 Å². The molecule has 28 heavy (non-hydrogen) atoms. The summed E-state index contributed by atoms with van der Waals surface area (Å²) in [4.78, 5) is 36.9. The average Bonchev–Trinajstić information content (AvgIpc) is 3.00. The first-order valence-corrected chi connectivity index (χ1v) is 8.65. The Morgan fingerprint density at radius 2 is 1.96 bits per heavy atom. The fraction of sp³-hybridized carbons (Fsp3) is 0.421. The number of halogens is 2. The summed E-state index contributed by atoms with van der Waals surface area (Å²) in [5.41, 5.74) is -3.13. The maximum Gasteiger partial charge on any atom is 0.410 e. The van der Waals surface area contributed by atoms with E-state index in [-0.39, 0.29) is 24.3 Å². The minimum atomic E-state index is -2.31. The van der Waals surface area contributed by atoms with Crippen molar-refractivity contribution in [1.29, 1.82) is 0 Å². The molecule has 0 aromatic heterocycles. The molecule has 1 aliphatic rings. The van der Waals surface area contributed by atoms with Crippen molar-refractivity contribution < 1.29 is 27.9 Å². The molecule has 0 bridgehead atoms. The van der Waals surface area contributed by atoms with E-state index in [9.17, 15) is 18.8 Å². The van der Waals surface area contributed by atoms with Crippen LogP contribution in [-0.4, -0.2) is 47.2 Å². The number of alkyl halides is 1. The largest absolute Gasteiger partial charge is 0.444 e. The number of hydrogen-bond donors (Lipinski definition) is 2. The van der Waals surface area contributed by atoms with Gasteiger partial charge in [0.2, 0.25) is 11.6 Å². The number of nitrogens with one attached hydrogen (secondary N) is 2. The number of rotatable bonds is 4. The Labute approximate surface area is 161 Å². The minimum absolute atomic E-state index is 0.0306. The molecule has 1 fully saturated rings. The quantitative estimate of drug-likeness (QED) is 0.766. The number of likely N-dealkylation sites (tertiary alicyclic amines) is 1. The Kier molecular flexibility index (Phi) is 6.06. The van der Waals surface area contributed by atoms with Gasteiger partial charge in [-0.15, -0.1) is 0 Å². The van der Waals surface area contributed by atoms with Crippen molar-refractivity contribution in [3.63, 3.8) is 0 Å². The zero-order chi connectivity index (χ0) is 21.1. The third-order valence-electron chi connectivity index (χ3n) is 3.95.